The number of aryl methyl sites for hydroxylation is 1. The first-order chi connectivity index (χ1) is 4.77. The SMILES string of the molecule is CCc1nc(C#N)c(I)o1. The predicted octanol–water partition coefficient (Wildman–Crippen LogP) is 1.71. The Morgan fingerprint density at radius 1 is 1.80 bits per heavy atom. The van der Waals surface area contributed by atoms with Gasteiger partial charge in [-0.05, 0) is 0 Å². The lowest BCUT2D eigenvalue weighted by atomic mass is 10.5. The van der Waals surface area contributed by atoms with Crippen LogP contribution < -0.4 is 0 Å². The van der Waals surface area contributed by atoms with Gasteiger partial charge in [-0.3, -0.25) is 0 Å². The zero-order valence-corrected chi connectivity index (χ0v) is 7.55. The normalized spacial score (nSPS) is 9.30. The van der Waals surface area contributed by atoms with Crippen molar-refractivity contribution < 1.29 is 4.42 Å². The fourth-order valence-electron chi connectivity index (χ4n) is 0.563. The van der Waals surface area contributed by atoms with E-state index in [2.05, 4.69) is 4.98 Å². The smallest absolute Gasteiger partial charge is 0.202 e. The predicted molar refractivity (Wildman–Crippen MR) is 43.3 cm³/mol. The van der Waals surface area contributed by atoms with E-state index < -0.39 is 0 Å². The first-order valence-corrected chi connectivity index (χ1v) is 3.91. The van der Waals surface area contributed by atoms with Crippen LogP contribution in [0.4, 0.5) is 0 Å². The number of hydrogen-bond donors (Lipinski definition) is 0. The highest BCUT2D eigenvalue weighted by atomic mass is 127. The maximum Gasteiger partial charge on any atom is 0.202 e. The van der Waals surface area contributed by atoms with Gasteiger partial charge in [0.1, 0.15) is 6.07 Å². The molecule has 4 heteroatoms. The van der Waals surface area contributed by atoms with Crippen LogP contribution in [0.1, 0.15) is 18.5 Å². The van der Waals surface area contributed by atoms with E-state index in [1.807, 2.05) is 35.6 Å². The Kier molecular flexibility index (Phi) is 2.27. The molecule has 0 bridgehead atoms. The van der Waals surface area contributed by atoms with Crippen molar-refractivity contribution in [3.8, 4) is 6.07 Å². The van der Waals surface area contributed by atoms with Gasteiger partial charge >= 0.3 is 0 Å². The van der Waals surface area contributed by atoms with E-state index in [1.54, 1.807) is 0 Å². The highest BCUT2D eigenvalue weighted by molar-refractivity contribution is 14.1. The molecule has 0 saturated carbocycles. The van der Waals surface area contributed by atoms with Crippen LogP contribution in [0.3, 0.4) is 0 Å². The minimum absolute atomic E-state index is 0.387. The summed E-state index contributed by atoms with van der Waals surface area (Å²) in [5, 5.41) is 8.45. The van der Waals surface area contributed by atoms with Crippen LogP contribution in [0, 0.1) is 15.1 Å². The number of aromatic nitrogens is 1. The van der Waals surface area contributed by atoms with Gasteiger partial charge in [0.15, 0.2) is 11.6 Å². The van der Waals surface area contributed by atoms with Gasteiger partial charge in [-0.25, -0.2) is 4.98 Å². The highest BCUT2D eigenvalue weighted by Gasteiger charge is 2.06. The molecular formula is C6H5IN2O. The van der Waals surface area contributed by atoms with Crippen LogP contribution in [0.15, 0.2) is 4.42 Å². The number of nitrogens with zero attached hydrogens (tertiary/aromatic N) is 2. The lowest BCUT2D eigenvalue weighted by Gasteiger charge is -1.79. The zero-order chi connectivity index (χ0) is 7.56. The summed E-state index contributed by atoms with van der Waals surface area (Å²) in [6.45, 7) is 1.93. The molecule has 0 fully saturated rings. The van der Waals surface area contributed by atoms with Gasteiger partial charge in [-0.2, -0.15) is 5.26 Å². The monoisotopic (exact) mass is 248 g/mol. The molecule has 1 aromatic heterocycles. The Morgan fingerprint density at radius 3 is 2.80 bits per heavy atom. The van der Waals surface area contributed by atoms with Crippen molar-refractivity contribution in [2.45, 2.75) is 13.3 Å². The number of oxazole rings is 1. The Hall–Kier alpha value is -0.570. The summed E-state index contributed by atoms with van der Waals surface area (Å²) in [6.07, 6.45) is 0.734. The lowest BCUT2D eigenvalue weighted by Crippen LogP contribution is -1.78. The van der Waals surface area contributed by atoms with E-state index >= 15 is 0 Å². The van der Waals surface area contributed by atoms with Crippen LogP contribution in [0.2, 0.25) is 0 Å². The third kappa shape index (κ3) is 1.29. The van der Waals surface area contributed by atoms with Crippen molar-refractivity contribution in [2.75, 3.05) is 0 Å². The van der Waals surface area contributed by atoms with Gasteiger partial charge in [0, 0.05) is 29.0 Å². The van der Waals surface area contributed by atoms with Crippen molar-refractivity contribution in [1.82, 2.24) is 4.98 Å². The van der Waals surface area contributed by atoms with Gasteiger partial charge in [0.05, 0.1) is 0 Å². The Labute approximate surface area is 72.2 Å². The number of nitriles is 1. The molecule has 0 saturated heterocycles. The summed E-state index contributed by atoms with van der Waals surface area (Å²) in [7, 11) is 0. The van der Waals surface area contributed by atoms with Crippen molar-refractivity contribution in [1.29, 1.82) is 5.26 Å². The number of rotatable bonds is 1. The molecule has 1 heterocycles. The van der Waals surface area contributed by atoms with Gasteiger partial charge in [0.25, 0.3) is 0 Å². The molecule has 0 N–H and O–H groups in total. The van der Waals surface area contributed by atoms with Crippen molar-refractivity contribution in [3.05, 3.63) is 15.4 Å². The summed E-state index contributed by atoms with van der Waals surface area (Å²) in [4.78, 5) is 3.91. The summed E-state index contributed by atoms with van der Waals surface area (Å²) in [6, 6.07) is 1.94. The van der Waals surface area contributed by atoms with Gasteiger partial charge in [-0.15, -0.1) is 0 Å². The molecule has 0 aliphatic heterocycles. The second-order valence-electron chi connectivity index (χ2n) is 1.70. The standard InChI is InChI=1S/C6H5IN2O/c1-2-5-9-4(3-8)6(7)10-5/h2H2,1H3. The molecule has 0 unspecified atom stereocenters. The molecule has 0 amide bonds. The molecule has 1 rings (SSSR count). The summed E-state index contributed by atoms with van der Waals surface area (Å²) >= 11 is 1.95. The lowest BCUT2D eigenvalue weighted by molar-refractivity contribution is 0.478. The second-order valence-corrected chi connectivity index (χ2v) is 2.68. The molecule has 0 aliphatic rings. The molecule has 0 atom stereocenters. The molecule has 3 nitrogen and oxygen atoms in total. The summed E-state index contributed by atoms with van der Waals surface area (Å²) in [5.41, 5.74) is 0.387. The maximum absolute atomic E-state index is 8.45. The van der Waals surface area contributed by atoms with Gasteiger partial charge < -0.3 is 4.42 Å². The summed E-state index contributed by atoms with van der Waals surface area (Å²) < 4.78 is 5.69. The largest absolute Gasteiger partial charge is 0.434 e. The third-order valence-corrected chi connectivity index (χ3v) is 1.77. The fraction of sp³-hybridized carbons (Fsp3) is 0.333. The number of halogens is 1. The zero-order valence-electron chi connectivity index (χ0n) is 5.39. The molecule has 0 radical (unpaired) electrons. The van der Waals surface area contributed by atoms with E-state index in [0.717, 1.165) is 6.42 Å². The van der Waals surface area contributed by atoms with Crippen molar-refractivity contribution >= 4 is 22.6 Å². The van der Waals surface area contributed by atoms with E-state index in [0.29, 0.717) is 15.4 Å². The Bertz CT molecular complexity index is 274. The van der Waals surface area contributed by atoms with Crippen LogP contribution in [0.5, 0.6) is 0 Å². The molecule has 0 aromatic carbocycles. The number of hydrogen-bond acceptors (Lipinski definition) is 3. The minimum atomic E-state index is 0.387. The van der Waals surface area contributed by atoms with Crippen molar-refractivity contribution in [2.24, 2.45) is 0 Å². The van der Waals surface area contributed by atoms with Crippen LogP contribution in [-0.4, -0.2) is 4.98 Å². The maximum atomic E-state index is 8.45. The van der Waals surface area contributed by atoms with Crippen LogP contribution in [-0.2, 0) is 6.42 Å². The molecule has 0 aliphatic carbocycles. The Balaban J connectivity index is 3.07. The average Bonchev–Trinajstić information content (AvgIpc) is 2.30. The molecule has 0 spiro atoms. The van der Waals surface area contributed by atoms with Crippen LogP contribution in [0.25, 0.3) is 0 Å². The average molecular weight is 248 g/mol. The summed E-state index contributed by atoms with van der Waals surface area (Å²) in [5.74, 6) is 0.626. The van der Waals surface area contributed by atoms with E-state index in [9.17, 15) is 0 Å². The highest BCUT2D eigenvalue weighted by Crippen LogP contribution is 2.12. The third-order valence-electron chi connectivity index (χ3n) is 1.04. The Morgan fingerprint density at radius 2 is 2.50 bits per heavy atom. The first kappa shape index (κ1) is 7.54. The van der Waals surface area contributed by atoms with Crippen molar-refractivity contribution in [3.63, 3.8) is 0 Å². The van der Waals surface area contributed by atoms with E-state index in [1.165, 1.54) is 0 Å². The van der Waals surface area contributed by atoms with E-state index in [4.69, 9.17) is 9.68 Å². The molecular weight excluding hydrogens is 243 g/mol. The van der Waals surface area contributed by atoms with Gasteiger partial charge in [0.2, 0.25) is 3.77 Å². The second kappa shape index (κ2) is 3.01. The first-order valence-electron chi connectivity index (χ1n) is 2.83. The van der Waals surface area contributed by atoms with Gasteiger partial charge in [-0.1, -0.05) is 6.92 Å². The van der Waals surface area contributed by atoms with E-state index in [-0.39, 0.29) is 0 Å². The minimum Gasteiger partial charge on any atom is -0.434 e. The topological polar surface area (TPSA) is 49.8 Å². The molecule has 10 heavy (non-hydrogen) atoms. The quantitative estimate of drug-likeness (QED) is 0.711. The molecule has 1 aromatic rings. The fourth-order valence-corrected chi connectivity index (χ4v) is 1.06. The van der Waals surface area contributed by atoms with Crippen LogP contribution >= 0.6 is 22.6 Å². The molecule has 52 valence electrons.